The Bertz CT molecular complexity index is 374. The van der Waals surface area contributed by atoms with E-state index in [0.29, 0.717) is 17.9 Å². The van der Waals surface area contributed by atoms with E-state index in [4.69, 9.17) is 16.3 Å². The van der Waals surface area contributed by atoms with Gasteiger partial charge in [0.15, 0.2) is 5.78 Å². The van der Waals surface area contributed by atoms with Gasteiger partial charge in [-0.3, -0.25) is 4.79 Å². The normalized spacial score (nSPS) is 10.1. The molecule has 15 heavy (non-hydrogen) atoms. The number of hydrogen-bond donors (Lipinski definition) is 1. The first-order chi connectivity index (χ1) is 7.10. The molecule has 0 spiro atoms. The highest BCUT2D eigenvalue weighted by Gasteiger charge is 2.12. The standard InChI is InChI=1S/C11H13ClO3/c1-3-15-11-5-10(14)9(7(2)13)4-8(11)6-12/h4-5,14H,3,6H2,1-2H3. The number of benzene rings is 1. The van der Waals surface area contributed by atoms with E-state index >= 15 is 0 Å². The molecule has 1 N–H and O–H groups in total. The van der Waals surface area contributed by atoms with Crippen molar-refractivity contribution in [1.82, 2.24) is 0 Å². The highest BCUT2D eigenvalue weighted by Crippen LogP contribution is 2.29. The van der Waals surface area contributed by atoms with Crippen LogP contribution in [0.25, 0.3) is 0 Å². The third kappa shape index (κ3) is 2.63. The molecule has 0 atom stereocenters. The molecule has 0 aliphatic heterocycles. The summed E-state index contributed by atoms with van der Waals surface area (Å²) in [5.74, 6) is 0.507. The van der Waals surface area contributed by atoms with E-state index in [2.05, 4.69) is 0 Å². The first kappa shape index (κ1) is 11.9. The largest absolute Gasteiger partial charge is 0.507 e. The van der Waals surface area contributed by atoms with E-state index in [-0.39, 0.29) is 23.0 Å². The van der Waals surface area contributed by atoms with Gasteiger partial charge in [0, 0.05) is 11.6 Å². The Kier molecular flexibility index (Phi) is 3.97. The molecule has 0 aliphatic rings. The zero-order valence-electron chi connectivity index (χ0n) is 8.71. The number of carbonyl (C=O) groups excluding carboxylic acids is 1. The predicted octanol–water partition coefficient (Wildman–Crippen LogP) is 2.73. The summed E-state index contributed by atoms with van der Waals surface area (Å²) in [5.41, 5.74) is 0.982. The fourth-order valence-electron chi connectivity index (χ4n) is 1.29. The molecule has 0 aliphatic carbocycles. The first-order valence-electron chi connectivity index (χ1n) is 4.65. The number of hydrogen-bond acceptors (Lipinski definition) is 3. The van der Waals surface area contributed by atoms with Crippen LogP contribution in [0.5, 0.6) is 11.5 Å². The summed E-state index contributed by atoms with van der Waals surface area (Å²) in [6.45, 7) is 3.73. The van der Waals surface area contributed by atoms with Gasteiger partial charge in [0.25, 0.3) is 0 Å². The van der Waals surface area contributed by atoms with Crippen molar-refractivity contribution in [1.29, 1.82) is 0 Å². The summed E-state index contributed by atoms with van der Waals surface area (Å²) in [7, 11) is 0. The molecule has 3 nitrogen and oxygen atoms in total. The van der Waals surface area contributed by atoms with Crippen LogP contribution < -0.4 is 4.74 Å². The number of carbonyl (C=O) groups is 1. The molecular weight excluding hydrogens is 216 g/mol. The Labute approximate surface area is 93.6 Å². The average molecular weight is 229 g/mol. The molecule has 4 heteroatoms. The van der Waals surface area contributed by atoms with E-state index in [0.717, 1.165) is 0 Å². The fourth-order valence-corrected chi connectivity index (χ4v) is 1.50. The second-order valence-corrected chi connectivity index (χ2v) is 3.37. The van der Waals surface area contributed by atoms with Crippen molar-refractivity contribution in [2.24, 2.45) is 0 Å². The number of Topliss-reactive ketones (excluding diaryl/α,β-unsaturated/α-hetero) is 1. The minimum atomic E-state index is -0.193. The Hall–Kier alpha value is -1.22. The number of phenols is 1. The lowest BCUT2D eigenvalue weighted by molar-refractivity contribution is 0.101. The number of alkyl halides is 1. The molecule has 1 aromatic rings. The highest BCUT2D eigenvalue weighted by atomic mass is 35.5. The quantitative estimate of drug-likeness (QED) is 0.637. The van der Waals surface area contributed by atoms with Gasteiger partial charge in [-0.25, -0.2) is 0 Å². The van der Waals surface area contributed by atoms with Gasteiger partial charge in [0.2, 0.25) is 0 Å². The third-order valence-corrected chi connectivity index (χ3v) is 2.29. The number of aromatic hydroxyl groups is 1. The Morgan fingerprint density at radius 3 is 2.67 bits per heavy atom. The molecule has 0 heterocycles. The van der Waals surface area contributed by atoms with Crippen LogP contribution >= 0.6 is 11.6 Å². The number of rotatable bonds is 4. The lowest BCUT2D eigenvalue weighted by Gasteiger charge is -2.10. The van der Waals surface area contributed by atoms with Crippen molar-refractivity contribution < 1.29 is 14.6 Å². The topological polar surface area (TPSA) is 46.5 Å². The lowest BCUT2D eigenvalue weighted by Crippen LogP contribution is -1.99. The van der Waals surface area contributed by atoms with Gasteiger partial charge in [-0.2, -0.15) is 0 Å². The van der Waals surface area contributed by atoms with Crippen molar-refractivity contribution in [2.45, 2.75) is 19.7 Å². The monoisotopic (exact) mass is 228 g/mol. The average Bonchev–Trinajstić information content (AvgIpc) is 2.18. The van der Waals surface area contributed by atoms with E-state index in [1.54, 1.807) is 6.07 Å². The Morgan fingerprint density at radius 2 is 2.20 bits per heavy atom. The third-order valence-electron chi connectivity index (χ3n) is 2.00. The maximum absolute atomic E-state index is 11.2. The van der Waals surface area contributed by atoms with Crippen LogP contribution in [-0.4, -0.2) is 17.5 Å². The van der Waals surface area contributed by atoms with E-state index < -0.39 is 0 Å². The summed E-state index contributed by atoms with van der Waals surface area (Å²) in [5, 5.41) is 9.56. The molecular formula is C11H13ClO3. The zero-order valence-corrected chi connectivity index (χ0v) is 9.47. The van der Waals surface area contributed by atoms with Crippen LogP contribution in [0.3, 0.4) is 0 Å². The highest BCUT2D eigenvalue weighted by molar-refractivity contribution is 6.17. The maximum atomic E-state index is 11.2. The minimum Gasteiger partial charge on any atom is -0.507 e. The molecule has 82 valence electrons. The number of ketones is 1. The lowest BCUT2D eigenvalue weighted by atomic mass is 10.1. The molecule has 0 unspecified atom stereocenters. The second-order valence-electron chi connectivity index (χ2n) is 3.10. The van der Waals surface area contributed by atoms with Crippen LogP contribution in [0.1, 0.15) is 29.8 Å². The Balaban J connectivity index is 3.22. The van der Waals surface area contributed by atoms with Gasteiger partial charge in [-0.05, 0) is 19.9 Å². The van der Waals surface area contributed by atoms with Crippen molar-refractivity contribution in [2.75, 3.05) is 6.61 Å². The summed E-state index contributed by atoms with van der Waals surface area (Å²) >= 11 is 5.72. The zero-order chi connectivity index (χ0) is 11.4. The maximum Gasteiger partial charge on any atom is 0.163 e. The predicted molar refractivity (Wildman–Crippen MR) is 58.8 cm³/mol. The van der Waals surface area contributed by atoms with Gasteiger partial charge in [0.1, 0.15) is 11.5 Å². The number of halogens is 1. The van der Waals surface area contributed by atoms with Crippen LogP contribution in [-0.2, 0) is 5.88 Å². The van der Waals surface area contributed by atoms with Crippen LogP contribution in [0.15, 0.2) is 12.1 Å². The molecule has 0 saturated carbocycles. The van der Waals surface area contributed by atoms with Crippen molar-refractivity contribution >= 4 is 17.4 Å². The van der Waals surface area contributed by atoms with Crippen LogP contribution in [0.2, 0.25) is 0 Å². The van der Waals surface area contributed by atoms with Crippen molar-refractivity contribution in [3.05, 3.63) is 23.3 Å². The molecule has 0 fully saturated rings. The molecule has 0 aromatic heterocycles. The van der Waals surface area contributed by atoms with Gasteiger partial charge >= 0.3 is 0 Å². The Morgan fingerprint density at radius 1 is 1.53 bits per heavy atom. The van der Waals surface area contributed by atoms with Gasteiger partial charge in [-0.15, -0.1) is 11.6 Å². The van der Waals surface area contributed by atoms with E-state index in [9.17, 15) is 9.90 Å². The molecule has 1 aromatic carbocycles. The summed E-state index contributed by atoms with van der Waals surface area (Å²) in [4.78, 5) is 11.2. The first-order valence-corrected chi connectivity index (χ1v) is 5.19. The number of phenolic OH excluding ortho intramolecular Hbond substituents is 1. The second kappa shape index (κ2) is 5.03. The fraction of sp³-hybridized carbons (Fsp3) is 0.364. The minimum absolute atomic E-state index is 0.0696. The molecule has 0 radical (unpaired) electrons. The van der Waals surface area contributed by atoms with Crippen molar-refractivity contribution in [3.8, 4) is 11.5 Å². The summed E-state index contributed by atoms with van der Waals surface area (Å²) in [6.07, 6.45) is 0. The van der Waals surface area contributed by atoms with Crippen molar-refractivity contribution in [3.63, 3.8) is 0 Å². The smallest absolute Gasteiger partial charge is 0.163 e. The molecule has 0 amide bonds. The summed E-state index contributed by atoms with van der Waals surface area (Å²) < 4.78 is 5.29. The van der Waals surface area contributed by atoms with Crippen LogP contribution in [0.4, 0.5) is 0 Å². The molecule has 0 saturated heterocycles. The van der Waals surface area contributed by atoms with Crippen LogP contribution in [0, 0.1) is 0 Å². The van der Waals surface area contributed by atoms with Gasteiger partial charge in [-0.1, -0.05) is 0 Å². The molecule has 0 bridgehead atoms. The SMILES string of the molecule is CCOc1cc(O)c(C(C)=O)cc1CCl. The summed E-state index contributed by atoms with van der Waals surface area (Å²) in [6, 6.07) is 2.99. The van der Waals surface area contributed by atoms with E-state index in [1.807, 2.05) is 6.92 Å². The molecule has 1 rings (SSSR count). The van der Waals surface area contributed by atoms with Gasteiger partial charge in [0.05, 0.1) is 18.1 Å². The number of ether oxygens (including phenoxy) is 1. The van der Waals surface area contributed by atoms with E-state index in [1.165, 1.54) is 13.0 Å². The van der Waals surface area contributed by atoms with Gasteiger partial charge < -0.3 is 9.84 Å².